The molecule has 0 radical (unpaired) electrons. The molecule has 0 aliphatic heterocycles. The summed E-state index contributed by atoms with van der Waals surface area (Å²) in [6.07, 6.45) is 3.19. The number of rotatable bonds is 6. The van der Waals surface area contributed by atoms with Crippen molar-refractivity contribution in [2.24, 2.45) is 12.0 Å². The van der Waals surface area contributed by atoms with Crippen LogP contribution in [0.15, 0.2) is 29.5 Å². The summed E-state index contributed by atoms with van der Waals surface area (Å²) >= 11 is 1.26. The van der Waals surface area contributed by atoms with Crippen molar-refractivity contribution >= 4 is 33.4 Å². The number of carbonyl (C=O) groups is 2. The summed E-state index contributed by atoms with van der Waals surface area (Å²) in [7, 11) is 4.78. The molecule has 10 heteroatoms. The van der Waals surface area contributed by atoms with Crippen molar-refractivity contribution in [1.29, 1.82) is 0 Å². The summed E-state index contributed by atoms with van der Waals surface area (Å²) in [5.74, 6) is 0.322. The molecular formula is C18H20N4O5S. The molecule has 0 bridgehead atoms. The third-order valence-corrected chi connectivity index (χ3v) is 5.03. The van der Waals surface area contributed by atoms with Crippen molar-refractivity contribution in [2.75, 3.05) is 20.8 Å². The maximum absolute atomic E-state index is 12.6. The molecule has 0 N–H and O–H groups in total. The number of carbonyl (C=O) groups excluding carboxylic acids is 2. The molecule has 28 heavy (non-hydrogen) atoms. The molecule has 2 aromatic heterocycles. The molecule has 0 aliphatic rings. The van der Waals surface area contributed by atoms with Gasteiger partial charge in [0.15, 0.2) is 16.3 Å². The van der Waals surface area contributed by atoms with E-state index in [1.807, 2.05) is 0 Å². The second-order valence-corrected chi connectivity index (χ2v) is 6.74. The number of nitrogens with zero attached hydrogens (tertiary/aromatic N) is 4. The molecule has 148 valence electrons. The van der Waals surface area contributed by atoms with Crippen LogP contribution >= 0.6 is 11.3 Å². The number of hydrogen-bond donors (Lipinski definition) is 0. The number of aromatic nitrogens is 3. The second kappa shape index (κ2) is 8.26. The number of benzene rings is 1. The van der Waals surface area contributed by atoms with Crippen molar-refractivity contribution in [1.82, 2.24) is 14.1 Å². The van der Waals surface area contributed by atoms with Crippen LogP contribution in [0.5, 0.6) is 11.5 Å². The molecule has 3 aromatic rings. The van der Waals surface area contributed by atoms with E-state index >= 15 is 0 Å². The fourth-order valence-corrected chi connectivity index (χ4v) is 3.72. The maximum atomic E-state index is 12.6. The van der Waals surface area contributed by atoms with E-state index in [1.54, 1.807) is 48.5 Å². The highest BCUT2D eigenvalue weighted by molar-refractivity contribution is 7.16. The lowest BCUT2D eigenvalue weighted by molar-refractivity contribution is -0.143. The van der Waals surface area contributed by atoms with Gasteiger partial charge in [0.25, 0.3) is 0 Å². The van der Waals surface area contributed by atoms with Crippen LogP contribution in [0.1, 0.15) is 17.5 Å². The first kappa shape index (κ1) is 19.6. The molecule has 0 unspecified atom stereocenters. The van der Waals surface area contributed by atoms with Crippen LogP contribution in [-0.2, 0) is 23.1 Å². The summed E-state index contributed by atoms with van der Waals surface area (Å²) < 4.78 is 19.8. The minimum atomic E-state index is -0.504. The van der Waals surface area contributed by atoms with E-state index in [9.17, 15) is 9.59 Å². The summed E-state index contributed by atoms with van der Waals surface area (Å²) in [6.45, 7) is 1.91. The lowest BCUT2D eigenvalue weighted by atomic mass is 10.3. The number of hydrogen-bond acceptors (Lipinski definition) is 7. The number of aryl methyl sites for hydroxylation is 1. The Labute approximate surface area is 164 Å². The maximum Gasteiger partial charge on any atom is 0.326 e. The van der Waals surface area contributed by atoms with Gasteiger partial charge in [-0.05, 0) is 6.92 Å². The van der Waals surface area contributed by atoms with Gasteiger partial charge in [-0.15, -0.1) is 0 Å². The Bertz CT molecular complexity index is 1100. The first-order valence-corrected chi connectivity index (χ1v) is 9.27. The highest BCUT2D eigenvalue weighted by Crippen LogP contribution is 2.33. The molecule has 1 aromatic carbocycles. The summed E-state index contributed by atoms with van der Waals surface area (Å²) in [6, 6.07) is 3.53. The Morgan fingerprint density at radius 3 is 2.54 bits per heavy atom. The average molecular weight is 404 g/mol. The second-order valence-electron chi connectivity index (χ2n) is 5.73. The molecule has 0 atom stereocenters. The minimum Gasteiger partial charge on any atom is -0.493 e. The average Bonchev–Trinajstić information content (AvgIpc) is 3.24. The molecule has 2 heterocycles. The first-order chi connectivity index (χ1) is 13.5. The van der Waals surface area contributed by atoms with E-state index in [0.29, 0.717) is 21.8 Å². The minimum absolute atomic E-state index is 0.0873. The summed E-state index contributed by atoms with van der Waals surface area (Å²) in [5.41, 5.74) is 0.682. The Morgan fingerprint density at radius 1 is 1.21 bits per heavy atom. The van der Waals surface area contributed by atoms with E-state index in [2.05, 4.69) is 9.98 Å². The normalized spacial score (nSPS) is 11.6. The van der Waals surface area contributed by atoms with Gasteiger partial charge in [-0.2, -0.15) is 4.99 Å². The Morgan fingerprint density at radius 2 is 1.93 bits per heavy atom. The largest absolute Gasteiger partial charge is 0.493 e. The first-order valence-electron chi connectivity index (χ1n) is 8.45. The van der Waals surface area contributed by atoms with Crippen molar-refractivity contribution in [3.63, 3.8) is 0 Å². The van der Waals surface area contributed by atoms with Crippen LogP contribution < -0.4 is 14.3 Å². The van der Waals surface area contributed by atoms with E-state index in [-0.39, 0.29) is 19.0 Å². The SMILES string of the molecule is CCOC(=O)Cn1c(=NC(=O)c2nccn2C)sc2cc(OC)c(OC)cc21. The van der Waals surface area contributed by atoms with Gasteiger partial charge in [0.05, 0.1) is 31.0 Å². The Kier molecular flexibility index (Phi) is 5.78. The fourth-order valence-electron chi connectivity index (χ4n) is 2.68. The summed E-state index contributed by atoms with van der Waals surface area (Å²) in [5, 5.41) is 0. The fraction of sp³-hybridized carbons (Fsp3) is 0.333. The van der Waals surface area contributed by atoms with E-state index in [1.165, 1.54) is 24.6 Å². The zero-order valence-corrected chi connectivity index (χ0v) is 16.8. The molecule has 0 saturated heterocycles. The third-order valence-electron chi connectivity index (χ3n) is 3.99. The van der Waals surface area contributed by atoms with Crippen LogP contribution in [0, 0.1) is 0 Å². The molecule has 0 saturated carbocycles. The topological polar surface area (TPSA) is 96.9 Å². The van der Waals surface area contributed by atoms with Crippen LogP contribution in [0.3, 0.4) is 0 Å². The Balaban J connectivity index is 2.19. The lowest BCUT2D eigenvalue weighted by Gasteiger charge is -2.09. The van der Waals surface area contributed by atoms with Crippen molar-refractivity contribution in [2.45, 2.75) is 13.5 Å². The van der Waals surface area contributed by atoms with Crippen LogP contribution in [0.4, 0.5) is 0 Å². The van der Waals surface area contributed by atoms with Gasteiger partial charge in [-0.3, -0.25) is 9.59 Å². The van der Waals surface area contributed by atoms with E-state index in [0.717, 1.165) is 4.70 Å². The number of esters is 1. The Hall–Kier alpha value is -3.14. The lowest BCUT2D eigenvalue weighted by Crippen LogP contribution is -2.23. The molecule has 9 nitrogen and oxygen atoms in total. The van der Waals surface area contributed by atoms with Gasteiger partial charge in [-0.1, -0.05) is 11.3 Å². The predicted molar refractivity (Wildman–Crippen MR) is 103 cm³/mol. The number of methoxy groups -OCH3 is 2. The third kappa shape index (κ3) is 3.77. The van der Waals surface area contributed by atoms with Gasteiger partial charge in [0, 0.05) is 31.6 Å². The number of thiazole rings is 1. The molecule has 0 spiro atoms. The van der Waals surface area contributed by atoms with Crippen LogP contribution in [0.25, 0.3) is 10.2 Å². The van der Waals surface area contributed by atoms with Crippen LogP contribution in [0.2, 0.25) is 0 Å². The standard InChI is InChI=1S/C18H20N4O5S/c1-5-27-15(23)10-22-11-8-12(25-3)13(26-4)9-14(11)28-18(22)20-17(24)16-19-6-7-21(16)2/h6-9H,5,10H2,1-4H3. The van der Waals surface area contributed by atoms with Crippen molar-refractivity contribution < 1.29 is 23.8 Å². The number of fused-ring (bicyclic) bond motifs is 1. The monoisotopic (exact) mass is 404 g/mol. The highest BCUT2D eigenvalue weighted by Gasteiger charge is 2.17. The van der Waals surface area contributed by atoms with Gasteiger partial charge >= 0.3 is 11.9 Å². The van der Waals surface area contributed by atoms with Gasteiger partial charge in [0.1, 0.15) is 6.54 Å². The highest BCUT2D eigenvalue weighted by atomic mass is 32.1. The molecule has 0 fully saturated rings. The summed E-state index contributed by atoms with van der Waals surface area (Å²) in [4.78, 5) is 33.2. The van der Waals surface area contributed by atoms with Crippen molar-refractivity contribution in [3.05, 3.63) is 35.2 Å². The zero-order valence-electron chi connectivity index (χ0n) is 16.0. The predicted octanol–water partition coefficient (Wildman–Crippen LogP) is 1.76. The molecular weight excluding hydrogens is 384 g/mol. The number of amides is 1. The van der Waals surface area contributed by atoms with E-state index < -0.39 is 11.9 Å². The number of ether oxygens (including phenoxy) is 3. The zero-order chi connectivity index (χ0) is 20.3. The van der Waals surface area contributed by atoms with E-state index in [4.69, 9.17) is 14.2 Å². The molecule has 1 amide bonds. The van der Waals surface area contributed by atoms with Crippen LogP contribution in [-0.4, -0.2) is 46.8 Å². The smallest absolute Gasteiger partial charge is 0.326 e. The molecule has 3 rings (SSSR count). The molecule has 0 aliphatic carbocycles. The number of imidazole rings is 1. The van der Waals surface area contributed by atoms with Gasteiger partial charge < -0.3 is 23.3 Å². The van der Waals surface area contributed by atoms with Gasteiger partial charge in [-0.25, -0.2) is 4.98 Å². The quantitative estimate of drug-likeness (QED) is 0.581. The van der Waals surface area contributed by atoms with Gasteiger partial charge in [0.2, 0.25) is 5.82 Å². The van der Waals surface area contributed by atoms with Crippen molar-refractivity contribution in [3.8, 4) is 11.5 Å².